The number of nitrogen functional groups attached to an aromatic ring is 1. The second kappa shape index (κ2) is 2.49. The average molecular weight is 157 g/mol. The Labute approximate surface area is 62.3 Å². The number of anilines is 1. The van der Waals surface area contributed by atoms with E-state index in [0.29, 0.717) is 0 Å². The number of hydrogen-bond donors (Lipinski definition) is 3. The van der Waals surface area contributed by atoms with Gasteiger partial charge in [-0.1, -0.05) is 0 Å². The van der Waals surface area contributed by atoms with Crippen molar-refractivity contribution in [3.63, 3.8) is 0 Å². The second-order valence-corrected chi connectivity index (χ2v) is 1.76. The summed E-state index contributed by atoms with van der Waals surface area (Å²) in [5.41, 5.74) is 5.09. The number of nitrogens with zero attached hydrogens (tertiary/aromatic N) is 2. The molecule has 6 nitrogen and oxygen atoms in total. The zero-order chi connectivity index (χ0) is 8.43. The number of ether oxygens (including phenoxy) is 1. The molecule has 0 atom stereocenters. The van der Waals surface area contributed by atoms with Crippen molar-refractivity contribution in [3.05, 3.63) is 0 Å². The number of nitrogens with two attached hydrogens (primary N) is 1. The molecule has 0 radical (unpaired) electrons. The summed E-state index contributed by atoms with van der Waals surface area (Å²) in [5, 5.41) is 17.9. The molecule has 0 fully saturated rings. The van der Waals surface area contributed by atoms with Crippen LogP contribution in [0.1, 0.15) is 0 Å². The molecule has 1 aromatic heterocycles. The lowest BCUT2D eigenvalue weighted by Gasteiger charge is -2.03. The van der Waals surface area contributed by atoms with Crippen LogP contribution >= 0.6 is 0 Å². The first-order valence-corrected chi connectivity index (χ1v) is 2.74. The van der Waals surface area contributed by atoms with E-state index in [4.69, 9.17) is 15.9 Å². The van der Waals surface area contributed by atoms with Gasteiger partial charge in [0.05, 0.1) is 7.11 Å². The normalized spacial score (nSPS) is 9.55. The summed E-state index contributed by atoms with van der Waals surface area (Å²) in [6, 6.07) is 0. The third-order valence-electron chi connectivity index (χ3n) is 1.05. The molecule has 0 aliphatic heterocycles. The molecule has 0 aromatic carbocycles. The fourth-order valence-corrected chi connectivity index (χ4v) is 0.626. The van der Waals surface area contributed by atoms with Gasteiger partial charge in [0.15, 0.2) is 0 Å². The highest BCUT2D eigenvalue weighted by Gasteiger charge is 2.11. The predicted octanol–water partition coefficient (Wildman–Crippen LogP) is -0.521. The molecule has 0 saturated carbocycles. The molecule has 0 saturated heterocycles. The fourth-order valence-electron chi connectivity index (χ4n) is 0.626. The first-order chi connectivity index (χ1) is 5.15. The first-order valence-electron chi connectivity index (χ1n) is 2.74. The molecule has 0 bridgehead atoms. The van der Waals surface area contributed by atoms with Crippen LogP contribution in [0.3, 0.4) is 0 Å². The summed E-state index contributed by atoms with van der Waals surface area (Å²) in [7, 11) is 1.27. The highest BCUT2D eigenvalue weighted by molar-refractivity contribution is 5.44. The number of methoxy groups -OCH3 is 1. The molecule has 1 aromatic rings. The zero-order valence-electron chi connectivity index (χ0n) is 5.77. The van der Waals surface area contributed by atoms with E-state index in [2.05, 4.69) is 14.7 Å². The van der Waals surface area contributed by atoms with E-state index in [-0.39, 0.29) is 11.7 Å². The van der Waals surface area contributed by atoms with Crippen molar-refractivity contribution in [1.29, 1.82) is 0 Å². The maximum atomic E-state index is 8.96. The van der Waals surface area contributed by atoms with Crippen LogP contribution in [-0.4, -0.2) is 27.3 Å². The van der Waals surface area contributed by atoms with Crippen molar-refractivity contribution in [2.75, 3.05) is 12.8 Å². The summed E-state index contributed by atoms with van der Waals surface area (Å²) in [5.74, 6) is -1.34. The first kappa shape index (κ1) is 7.39. The minimum absolute atomic E-state index is 0.181. The summed E-state index contributed by atoms with van der Waals surface area (Å²) < 4.78 is 4.55. The van der Waals surface area contributed by atoms with E-state index in [1.807, 2.05) is 0 Å². The number of aromatic hydroxyl groups is 2. The Hall–Kier alpha value is -1.72. The van der Waals surface area contributed by atoms with Gasteiger partial charge in [0, 0.05) is 0 Å². The van der Waals surface area contributed by atoms with Crippen LogP contribution in [0, 0.1) is 0 Å². The lowest BCUT2D eigenvalue weighted by atomic mass is 10.5. The Balaban J connectivity index is 3.25. The fraction of sp³-hybridized carbons (Fsp3) is 0.200. The standard InChI is InChI=1S/C5H7N3O3/c1-11-2-3(9)7-5(6)8-4(2)10/h1H3,(H4,6,7,8,9,10). The average Bonchev–Trinajstić information content (AvgIpc) is 1.85. The van der Waals surface area contributed by atoms with Crippen molar-refractivity contribution < 1.29 is 14.9 Å². The van der Waals surface area contributed by atoms with Gasteiger partial charge < -0.3 is 20.7 Å². The molecule has 11 heavy (non-hydrogen) atoms. The van der Waals surface area contributed by atoms with Gasteiger partial charge in [0.2, 0.25) is 11.7 Å². The Morgan fingerprint density at radius 1 is 1.27 bits per heavy atom. The van der Waals surface area contributed by atoms with Crippen molar-refractivity contribution in [2.45, 2.75) is 0 Å². The largest absolute Gasteiger partial charge is 0.490 e. The SMILES string of the molecule is COc1c(O)nc(N)nc1O. The van der Waals surface area contributed by atoms with Gasteiger partial charge in [0.25, 0.3) is 11.8 Å². The third-order valence-corrected chi connectivity index (χ3v) is 1.05. The molecular weight excluding hydrogens is 150 g/mol. The van der Waals surface area contributed by atoms with Crippen LogP contribution in [-0.2, 0) is 0 Å². The highest BCUT2D eigenvalue weighted by Crippen LogP contribution is 2.31. The van der Waals surface area contributed by atoms with Crippen LogP contribution in [0.2, 0.25) is 0 Å². The Kier molecular flexibility index (Phi) is 1.67. The molecule has 0 aliphatic carbocycles. The summed E-state index contributed by atoms with van der Waals surface area (Å²) >= 11 is 0. The minimum Gasteiger partial charge on any atom is -0.490 e. The Morgan fingerprint density at radius 2 is 1.73 bits per heavy atom. The maximum Gasteiger partial charge on any atom is 0.263 e. The van der Waals surface area contributed by atoms with Gasteiger partial charge >= 0.3 is 0 Å². The number of rotatable bonds is 1. The van der Waals surface area contributed by atoms with E-state index in [9.17, 15) is 0 Å². The van der Waals surface area contributed by atoms with Crippen LogP contribution in [0.4, 0.5) is 5.95 Å². The van der Waals surface area contributed by atoms with Crippen molar-refractivity contribution in [1.82, 2.24) is 9.97 Å². The summed E-state index contributed by atoms with van der Waals surface area (Å²) in [6.45, 7) is 0. The maximum absolute atomic E-state index is 8.96. The smallest absolute Gasteiger partial charge is 0.263 e. The summed E-state index contributed by atoms with van der Waals surface area (Å²) in [4.78, 5) is 6.68. The Bertz CT molecular complexity index is 253. The molecular formula is C5H7N3O3. The van der Waals surface area contributed by atoms with Gasteiger partial charge in [-0.15, -0.1) is 0 Å². The molecule has 4 N–H and O–H groups in total. The molecule has 1 heterocycles. The van der Waals surface area contributed by atoms with E-state index < -0.39 is 11.8 Å². The quantitative estimate of drug-likeness (QED) is 0.507. The van der Waals surface area contributed by atoms with Crippen molar-refractivity contribution in [3.8, 4) is 17.5 Å². The molecule has 0 aliphatic rings. The minimum atomic E-state index is -0.475. The molecule has 0 spiro atoms. The van der Waals surface area contributed by atoms with Crippen LogP contribution in [0.5, 0.6) is 17.5 Å². The van der Waals surface area contributed by atoms with Crippen LogP contribution in [0.25, 0.3) is 0 Å². The molecule has 1 rings (SSSR count). The third kappa shape index (κ3) is 1.23. The van der Waals surface area contributed by atoms with Gasteiger partial charge in [-0.05, 0) is 0 Å². The van der Waals surface area contributed by atoms with E-state index in [0.717, 1.165) is 0 Å². The van der Waals surface area contributed by atoms with Gasteiger partial charge in [-0.3, -0.25) is 0 Å². The second-order valence-electron chi connectivity index (χ2n) is 1.76. The number of hydrogen-bond acceptors (Lipinski definition) is 6. The highest BCUT2D eigenvalue weighted by atomic mass is 16.5. The number of aromatic nitrogens is 2. The lowest BCUT2D eigenvalue weighted by molar-refractivity contribution is 0.329. The molecule has 0 amide bonds. The lowest BCUT2D eigenvalue weighted by Crippen LogP contribution is -1.96. The van der Waals surface area contributed by atoms with Crippen LogP contribution in [0.15, 0.2) is 0 Å². The monoisotopic (exact) mass is 157 g/mol. The van der Waals surface area contributed by atoms with Crippen molar-refractivity contribution >= 4 is 5.95 Å². The molecule has 60 valence electrons. The van der Waals surface area contributed by atoms with Crippen LogP contribution < -0.4 is 10.5 Å². The molecule has 0 unspecified atom stereocenters. The van der Waals surface area contributed by atoms with E-state index in [1.54, 1.807) is 0 Å². The van der Waals surface area contributed by atoms with E-state index in [1.165, 1.54) is 7.11 Å². The summed E-state index contributed by atoms with van der Waals surface area (Å²) in [6.07, 6.45) is 0. The van der Waals surface area contributed by atoms with E-state index >= 15 is 0 Å². The van der Waals surface area contributed by atoms with Gasteiger partial charge in [-0.25, -0.2) is 0 Å². The van der Waals surface area contributed by atoms with Gasteiger partial charge in [-0.2, -0.15) is 9.97 Å². The van der Waals surface area contributed by atoms with Gasteiger partial charge in [0.1, 0.15) is 0 Å². The molecule has 6 heteroatoms. The predicted molar refractivity (Wildman–Crippen MR) is 36.3 cm³/mol. The zero-order valence-corrected chi connectivity index (χ0v) is 5.77. The van der Waals surface area contributed by atoms with Crippen molar-refractivity contribution in [2.24, 2.45) is 0 Å². The topological polar surface area (TPSA) is 101 Å². The Morgan fingerprint density at radius 3 is 2.09 bits per heavy atom.